The Morgan fingerprint density at radius 2 is 1.74 bits per heavy atom. The summed E-state index contributed by atoms with van der Waals surface area (Å²) in [6.45, 7) is 4.30. The highest BCUT2D eigenvalue weighted by Crippen LogP contribution is 2.41. The molecular formula is C32H33ClN2O4. The average Bonchev–Trinajstić information content (AvgIpc) is 2.94. The van der Waals surface area contributed by atoms with Gasteiger partial charge in [0, 0.05) is 29.6 Å². The molecule has 0 saturated carbocycles. The number of carboxylic acid groups (broad SMARTS) is 1. The zero-order valence-corrected chi connectivity index (χ0v) is 22.8. The highest BCUT2D eigenvalue weighted by Gasteiger charge is 2.30. The highest BCUT2D eigenvalue weighted by molar-refractivity contribution is 5.97. The molecule has 0 aromatic heterocycles. The van der Waals surface area contributed by atoms with Gasteiger partial charge in [0.25, 0.3) is 5.91 Å². The minimum absolute atomic E-state index is 0. The Balaban J connectivity index is 0.00000353. The summed E-state index contributed by atoms with van der Waals surface area (Å²) in [6.07, 6.45) is 0.698. The van der Waals surface area contributed by atoms with E-state index in [0.29, 0.717) is 12.1 Å². The number of aryl methyl sites for hydroxylation is 1. The van der Waals surface area contributed by atoms with Crippen LogP contribution < -0.4 is 15.4 Å². The van der Waals surface area contributed by atoms with Crippen molar-refractivity contribution in [1.82, 2.24) is 10.6 Å². The second kappa shape index (κ2) is 12.3. The van der Waals surface area contributed by atoms with E-state index in [-0.39, 0.29) is 36.4 Å². The molecule has 0 bridgehead atoms. The number of fused-ring (bicyclic) bond motifs is 2. The number of hydrogen-bond donors (Lipinski definition) is 3. The first kappa shape index (κ1) is 28.1. The number of ether oxygens (including phenoxy) is 1. The maximum Gasteiger partial charge on any atom is 0.322 e. The molecule has 1 unspecified atom stereocenters. The lowest BCUT2D eigenvalue weighted by Crippen LogP contribution is -2.37. The number of amides is 1. The number of nitrogens with one attached hydrogen (secondary N) is 2. The molecule has 0 aliphatic carbocycles. The summed E-state index contributed by atoms with van der Waals surface area (Å²) < 4.78 is 6.42. The number of carbonyl (C=O) groups excluding carboxylic acids is 1. The van der Waals surface area contributed by atoms with Gasteiger partial charge < -0.3 is 20.5 Å². The standard InChI is InChI=1S/C32H32N2O4.ClH/c1-20-14-15-23(16-28(20)32(37)34-19-31(35)36)29-17-24(38-30-13-6-5-11-27(29)30)18-33-21(2)25-12-7-9-22-8-3-4-10-26(22)25;/h3-16,21,24,29,33H,17-19H2,1-2H3,(H,34,37)(H,35,36);1H/t21?,24-,29+;/m1./s1. The molecule has 3 atom stereocenters. The van der Waals surface area contributed by atoms with Gasteiger partial charge in [-0.3, -0.25) is 9.59 Å². The Labute approximate surface area is 234 Å². The van der Waals surface area contributed by atoms with Gasteiger partial charge in [0.15, 0.2) is 0 Å². The molecule has 4 aromatic rings. The van der Waals surface area contributed by atoms with Crippen LogP contribution in [0.15, 0.2) is 84.9 Å². The summed E-state index contributed by atoms with van der Waals surface area (Å²) in [4.78, 5) is 23.6. The molecule has 0 saturated heterocycles. The van der Waals surface area contributed by atoms with Gasteiger partial charge >= 0.3 is 5.97 Å². The van der Waals surface area contributed by atoms with Gasteiger partial charge in [-0.05, 0) is 59.9 Å². The van der Waals surface area contributed by atoms with E-state index in [1.807, 2.05) is 37.3 Å². The molecule has 202 valence electrons. The number of rotatable bonds is 8. The molecule has 1 aliphatic rings. The summed E-state index contributed by atoms with van der Waals surface area (Å²) in [6, 6.07) is 28.9. The molecule has 0 spiro atoms. The normalized spacial score (nSPS) is 16.9. The van der Waals surface area contributed by atoms with Crippen LogP contribution in [0.3, 0.4) is 0 Å². The maximum atomic E-state index is 12.7. The van der Waals surface area contributed by atoms with Crippen LogP contribution in [0.4, 0.5) is 0 Å². The van der Waals surface area contributed by atoms with Crippen LogP contribution in [0.25, 0.3) is 10.8 Å². The Kier molecular flexibility index (Phi) is 8.90. The smallest absolute Gasteiger partial charge is 0.322 e. The van der Waals surface area contributed by atoms with Gasteiger partial charge in [-0.2, -0.15) is 0 Å². The molecule has 1 amide bonds. The van der Waals surface area contributed by atoms with Crippen LogP contribution in [0.2, 0.25) is 0 Å². The Hall–Kier alpha value is -3.87. The fourth-order valence-corrected chi connectivity index (χ4v) is 5.33. The van der Waals surface area contributed by atoms with E-state index < -0.39 is 12.5 Å². The van der Waals surface area contributed by atoms with Gasteiger partial charge in [0.1, 0.15) is 18.4 Å². The Morgan fingerprint density at radius 1 is 1.00 bits per heavy atom. The predicted octanol–water partition coefficient (Wildman–Crippen LogP) is 6.02. The van der Waals surface area contributed by atoms with Gasteiger partial charge in [-0.25, -0.2) is 0 Å². The third-order valence-electron chi connectivity index (χ3n) is 7.34. The number of carbonyl (C=O) groups is 2. The first-order valence-electron chi connectivity index (χ1n) is 13.0. The number of para-hydroxylation sites is 1. The summed E-state index contributed by atoms with van der Waals surface area (Å²) in [5.41, 5.74) is 4.66. The number of hydrogen-bond acceptors (Lipinski definition) is 4. The molecule has 3 N–H and O–H groups in total. The quantitative estimate of drug-likeness (QED) is 0.252. The zero-order valence-electron chi connectivity index (χ0n) is 22.0. The van der Waals surface area contributed by atoms with Crippen LogP contribution in [0.5, 0.6) is 5.75 Å². The van der Waals surface area contributed by atoms with Crippen molar-refractivity contribution in [2.75, 3.05) is 13.1 Å². The van der Waals surface area contributed by atoms with Crippen LogP contribution >= 0.6 is 12.4 Å². The van der Waals surface area contributed by atoms with Crippen LogP contribution in [-0.4, -0.2) is 36.2 Å². The second-order valence-corrected chi connectivity index (χ2v) is 9.92. The molecule has 5 rings (SSSR count). The molecule has 39 heavy (non-hydrogen) atoms. The van der Waals surface area contributed by atoms with Gasteiger partial charge in [0.05, 0.1) is 0 Å². The predicted molar refractivity (Wildman–Crippen MR) is 156 cm³/mol. The highest BCUT2D eigenvalue weighted by atomic mass is 35.5. The van der Waals surface area contributed by atoms with Crippen molar-refractivity contribution in [3.05, 3.63) is 113 Å². The minimum Gasteiger partial charge on any atom is -0.489 e. The topological polar surface area (TPSA) is 87.7 Å². The van der Waals surface area contributed by atoms with Crippen molar-refractivity contribution in [2.45, 2.75) is 38.3 Å². The van der Waals surface area contributed by atoms with Crippen molar-refractivity contribution >= 4 is 35.1 Å². The van der Waals surface area contributed by atoms with Crippen molar-refractivity contribution in [2.24, 2.45) is 0 Å². The van der Waals surface area contributed by atoms with Crippen molar-refractivity contribution < 1.29 is 19.4 Å². The maximum absolute atomic E-state index is 12.7. The number of halogens is 1. The van der Waals surface area contributed by atoms with Gasteiger partial charge in [-0.1, -0.05) is 72.8 Å². The van der Waals surface area contributed by atoms with Crippen LogP contribution in [0, 0.1) is 6.92 Å². The Morgan fingerprint density at radius 3 is 2.56 bits per heavy atom. The third kappa shape index (κ3) is 6.24. The van der Waals surface area contributed by atoms with Gasteiger partial charge in [0.2, 0.25) is 0 Å². The molecule has 1 heterocycles. The molecule has 1 aliphatic heterocycles. The van der Waals surface area contributed by atoms with Crippen LogP contribution in [0.1, 0.15) is 57.9 Å². The van der Waals surface area contributed by atoms with E-state index in [9.17, 15) is 9.59 Å². The fourth-order valence-electron chi connectivity index (χ4n) is 5.33. The van der Waals surface area contributed by atoms with E-state index in [1.54, 1.807) is 0 Å². The summed E-state index contributed by atoms with van der Waals surface area (Å²) in [7, 11) is 0. The minimum atomic E-state index is -1.07. The molecular weight excluding hydrogens is 512 g/mol. The lowest BCUT2D eigenvalue weighted by atomic mass is 9.83. The van der Waals surface area contributed by atoms with E-state index in [2.05, 4.69) is 72.2 Å². The summed E-state index contributed by atoms with van der Waals surface area (Å²) in [5.74, 6) is -0.551. The Bertz CT molecular complexity index is 1480. The lowest BCUT2D eigenvalue weighted by molar-refractivity contribution is -0.135. The lowest BCUT2D eigenvalue weighted by Gasteiger charge is -2.33. The van der Waals surface area contributed by atoms with E-state index >= 15 is 0 Å². The largest absolute Gasteiger partial charge is 0.489 e. The average molecular weight is 545 g/mol. The summed E-state index contributed by atoms with van der Waals surface area (Å²) in [5, 5.41) is 17.6. The monoisotopic (exact) mass is 544 g/mol. The molecule has 6 nitrogen and oxygen atoms in total. The first-order chi connectivity index (χ1) is 18.4. The molecule has 0 radical (unpaired) electrons. The SMILES string of the molecule is Cc1ccc([C@@H]2C[C@H](CNC(C)c3cccc4ccccc34)Oc3ccccc32)cc1C(=O)NCC(=O)O.Cl. The van der Waals surface area contributed by atoms with E-state index in [0.717, 1.165) is 28.9 Å². The fraction of sp³-hybridized carbons (Fsp3) is 0.250. The van der Waals surface area contributed by atoms with E-state index in [4.69, 9.17) is 9.84 Å². The third-order valence-corrected chi connectivity index (χ3v) is 7.34. The summed E-state index contributed by atoms with van der Waals surface area (Å²) >= 11 is 0. The van der Waals surface area contributed by atoms with Crippen LogP contribution in [-0.2, 0) is 4.79 Å². The number of carboxylic acids is 1. The van der Waals surface area contributed by atoms with Crippen molar-refractivity contribution in [3.63, 3.8) is 0 Å². The molecule has 4 aromatic carbocycles. The number of aliphatic carboxylic acids is 1. The van der Waals surface area contributed by atoms with Crippen molar-refractivity contribution in [3.8, 4) is 5.75 Å². The van der Waals surface area contributed by atoms with E-state index in [1.165, 1.54) is 16.3 Å². The first-order valence-corrected chi connectivity index (χ1v) is 13.0. The van der Waals surface area contributed by atoms with Gasteiger partial charge in [-0.15, -0.1) is 12.4 Å². The van der Waals surface area contributed by atoms with Crippen molar-refractivity contribution in [1.29, 1.82) is 0 Å². The molecule has 0 fully saturated rings. The number of benzene rings is 4. The molecule has 7 heteroatoms. The second-order valence-electron chi connectivity index (χ2n) is 9.92. The zero-order chi connectivity index (χ0) is 26.6.